The van der Waals surface area contributed by atoms with Crippen molar-refractivity contribution in [2.75, 3.05) is 0 Å². The van der Waals surface area contributed by atoms with Crippen molar-refractivity contribution in [2.45, 2.75) is 0 Å². The number of phenols is 1. The van der Waals surface area contributed by atoms with Crippen LogP contribution < -0.4 is 11.5 Å². The quantitative estimate of drug-likeness (QED) is 0.456. The van der Waals surface area contributed by atoms with Gasteiger partial charge in [0.15, 0.2) is 0 Å². The van der Waals surface area contributed by atoms with E-state index in [2.05, 4.69) is 15.2 Å². The summed E-state index contributed by atoms with van der Waals surface area (Å²) in [5.41, 5.74) is 11.4. The topological polar surface area (TPSA) is 110 Å². The van der Waals surface area contributed by atoms with Crippen molar-refractivity contribution in [3.8, 4) is 5.75 Å². The number of halogens is 2. The lowest BCUT2D eigenvalue weighted by Gasteiger charge is -2.09. The highest BCUT2D eigenvalue weighted by Crippen LogP contribution is 2.26. The van der Waals surface area contributed by atoms with Crippen molar-refractivity contribution in [1.29, 1.82) is 0 Å². The van der Waals surface area contributed by atoms with Crippen molar-refractivity contribution >= 4 is 34.9 Å². The Bertz CT molecular complexity index is 726. The number of benzene rings is 1. The number of hydrogen-bond acceptors (Lipinski definition) is 4. The maximum atomic E-state index is 10.0. The van der Waals surface area contributed by atoms with Gasteiger partial charge in [0.2, 0.25) is 5.96 Å². The van der Waals surface area contributed by atoms with Gasteiger partial charge in [-0.15, -0.1) is 10.2 Å². The van der Waals surface area contributed by atoms with Gasteiger partial charge in [-0.25, -0.2) is 0 Å². The number of nitrogens with two attached hydrogens (primary N) is 2. The molecule has 1 aromatic carbocycles. The molecular formula is C13H11Cl2N5O. The van der Waals surface area contributed by atoms with Crippen LogP contribution in [0.3, 0.4) is 0 Å². The van der Waals surface area contributed by atoms with E-state index in [1.807, 2.05) is 0 Å². The molecule has 2 rings (SSSR count). The first-order chi connectivity index (χ1) is 9.99. The minimum Gasteiger partial charge on any atom is -0.507 e. The molecule has 0 fully saturated rings. The first-order valence-electron chi connectivity index (χ1n) is 5.75. The van der Waals surface area contributed by atoms with E-state index in [9.17, 15) is 5.11 Å². The molecule has 0 radical (unpaired) electrons. The summed E-state index contributed by atoms with van der Waals surface area (Å²) in [5, 5.41) is 18.3. The summed E-state index contributed by atoms with van der Waals surface area (Å²) >= 11 is 12.1. The van der Waals surface area contributed by atoms with Gasteiger partial charge in [-0.1, -0.05) is 23.2 Å². The summed E-state index contributed by atoms with van der Waals surface area (Å²) in [4.78, 5) is 4.14. The Morgan fingerprint density at radius 3 is 2.57 bits per heavy atom. The molecule has 1 heterocycles. The van der Waals surface area contributed by atoms with Gasteiger partial charge in [-0.2, -0.15) is 0 Å². The molecule has 0 aliphatic carbocycles. The Morgan fingerprint density at radius 1 is 1.14 bits per heavy atom. The van der Waals surface area contributed by atoms with Gasteiger partial charge in [0.05, 0.1) is 5.02 Å². The van der Waals surface area contributed by atoms with E-state index in [1.165, 1.54) is 18.3 Å². The number of hydrogen-bond donors (Lipinski definition) is 3. The molecule has 0 atom stereocenters. The van der Waals surface area contributed by atoms with Gasteiger partial charge in [-0.3, -0.25) is 4.98 Å². The van der Waals surface area contributed by atoms with Crippen LogP contribution in [0.4, 0.5) is 0 Å². The molecule has 0 amide bonds. The molecule has 6 nitrogen and oxygen atoms in total. The number of aromatic hydroxyl groups is 1. The van der Waals surface area contributed by atoms with E-state index in [4.69, 9.17) is 34.7 Å². The SMILES string of the molecule is NC(N)=N/N=C(/c1cc(Cl)ccc1O)c1ncccc1Cl. The second kappa shape index (κ2) is 6.43. The number of nitrogens with zero attached hydrogens (tertiary/aromatic N) is 3. The highest BCUT2D eigenvalue weighted by Gasteiger charge is 2.16. The fourth-order valence-corrected chi connectivity index (χ4v) is 1.98. The maximum absolute atomic E-state index is 10.0. The maximum Gasteiger partial charge on any atom is 0.211 e. The number of guanidine groups is 1. The Balaban J connectivity index is 2.68. The minimum absolute atomic E-state index is 0.0503. The molecule has 0 aliphatic heterocycles. The summed E-state index contributed by atoms with van der Waals surface area (Å²) in [6.07, 6.45) is 1.54. The predicted octanol–water partition coefficient (Wildman–Crippen LogP) is 2.12. The van der Waals surface area contributed by atoms with E-state index in [0.29, 0.717) is 21.3 Å². The molecule has 0 saturated carbocycles. The Labute approximate surface area is 130 Å². The third-order valence-electron chi connectivity index (χ3n) is 2.46. The molecule has 0 aliphatic rings. The summed E-state index contributed by atoms with van der Waals surface area (Å²) < 4.78 is 0. The highest BCUT2D eigenvalue weighted by atomic mass is 35.5. The summed E-state index contributed by atoms with van der Waals surface area (Å²) in [6.45, 7) is 0. The molecule has 5 N–H and O–H groups in total. The number of phenolic OH excluding ortho intramolecular Hbond substituents is 1. The Hall–Kier alpha value is -2.31. The molecular weight excluding hydrogens is 313 g/mol. The van der Waals surface area contributed by atoms with E-state index in [0.717, 1.165) is 0 Å². The van der Waals surface area contributed by atoms with Gasteiger partial charge >= 0.3 is 0 Å². The van der Waals surface area contributed by atoms with Gasteiger partial charge in [0.25, 0.3) is 0 Å². The molecule has 0 bridgehead atoms. The standard InChI is InChI=1S/C13H11Cl2N5O/c14-7-3-4-10(21)8(6-7)11(19-20-13(16)17)12-9(15)2-1-5-18-12/h1-6,21H,(H4,16,17,20)/b19-11-. The molecule has 0 unspecified atom stereocenters. The zero-order valence-electron chi connectivity index (χ0n) is 10.7. The molecule has 21 heavy (non-hydrogen) atoms. The molecule has 0 spiro atoms. The summed E-state index contributed by atoms with van der Waals surface area (Å²) in [6, 6.07) is 7.79. The smallest absolute Gasteiger partial charge is 0.211 e. The van der Waals surface area contributed by atoms with Crippen molar-refractivity contribution in [3.05, 3.63) is 57.8 Å². The van der Waals surface area contributed by atoms with Crippen LogP contribution in [0.25, 0.3) is 0 Å². The summed E-state index contributed by atoms with van der Waals surface area (Å²) in [7, 11) is 0. The van der Waals surface area contributed by atoms with Gasteiger partial charge in [0, 0.05) is 16.8 Å². The lowest BCUT2D eigenvalue weighted by Crippen LogP contribution is -2.22. The molecule has 108 valence electrons. The van der Waals surface area contributed by atoms with Gasteiger partial charge in [-0.05, 0) is 30.3 Å². The van der Waals surface area contributed by atoms with Crippen LogP contribution in [0.1, 0.15) is 11.3 Å². The van der Waals surface area contributed by atoms with Crippen LogP contribution in [-0.4, -0.2) is 21.8 Å². The molecule has 0 saturated heterocycles. The summed E-state index contributed by atoms with van der Waals surface area (Å²) in [5.74, 6) is -0.285. The van der Waals surface area contributed by atoms with Crippen LogP contribution >= 0.6 is 23.2 Å². The van der Waals surface area contributed by atoms with Crippen LogP contribution in [-0.2, 0) is 0 Å². The van der Waals surface area contributed by atoms with Crippen LogP contribution in [0.15, 0.2) is 46.7 Å². The molecule has 8 heteroatoms. The first kappa shape index (κ1) is 15.1. The molecule has 2 aromatic rings. The number of pyridine rings is 1. The van der Waals surface area contributed by atoms with E-state index < -0.39 is 0 Å². The van der Waals surface area contributed by atoms with Crippen molar-refractivity contribution in [1.82, 2.24) is 4.98 Å². The minimum atomic E-state index is -0.235. The van der Waals surface area contributed by atoms with Crippen LogP contribution in [0.5, 0.6) is 5.75 Å². The second-order valence-electron chi connectivity index (χ2n) is 3.97. The van der Waals surface area contributed by atoms with Crippen molar-refractivity contribution < 1.29 is 5.11 Å². The third kappa shape index (κ3) is 3.62. The average molecular weight is 324 g/mol. The first-order valence-corrected chi connectivity index (χ1v) is 6.51. The van der Waals surface area contributed by atoms with Crippen molar-refractivity contribution in [3.63, 3.8) is 0 Å². The lowest BCUT2D eigenvalue weighted by atomic mass is 10.1. The highest BCUT2D eigenvalue weighted by molar-refractivity contribution is 6.35. The normalized spacial score (nSPS) is 11.2. The Kier molecular flexibility index (Phi) is 4.62. The zero-order valence-corrected chi connectivity index (χ0v) is 12.2. The van der Waals surface area contributed by atoms with Crippen LogP contribution in [0.2, 0.25) is 10.0 Å². The predicted molar refractivity (Wildman–Crippen MR) is 83.8 cm³/mol. The van der Waals surface area contributed by atoms with Gasteiger partial charge < -0.3 is 16.6 Å². The second-order valence-corrected chi connectivity index (χ2v) is 4.81. The fraction of sp³-hybridized carbons (Fsp3) is 0. The fourth-order valence-electron chi connectivity index (χ4n) is 1.59. The van der Waals surface area contributed by atoms with Crippen molar-refractivity contribution in [2.24, 2.45) is 21.7 Å². The molecule has 1 aromatic heterocycles. The Morgan fingerprint density at radius 2 is 1.90 bits per heavy atom. The van der Waals surface area contributed by atoms with Crippen LogP contribution in [0, 0.1) is 0 Å². The third-order valence-corrected chi connectivity index (χ3v) is 3.00. The van der Waals surface area contributed by atoms with E-state index in [1.54, 1.807) is 18.2 Å². The lowest BCUT2D eigenvalue weighted by molar-refractivity contribution is 0.474. The zero-order chi connectivity index (χ0) is 15.4. The van der Waals surface area contributed by atoms with Gasteiger partial charge in [0.1, 0.15) is 17.2 Å². The monoisotopic (exact) mass is 323 g/mol. The number of aromatic nitrogens is 1. The van der Waals surface area contributed by atoms with E-state index >= 15 is 0 Å². The average Bonchev–Trinajstić information content (AvgIpc) is 2.44. The number of rotatable bonds is 3. The van der Waals surface area contributed by atoms with E-state index in [-0.39, 0.29) is 17.4 Å². The largest absolute Gasteiger partial charge is 0.507 e.